The summed E-state index contributed by atoms with van der Waals surface area (Å²) in [4.78, 5) is 0. The van der Waals surface area contributed by atoms with Gasteiger partial charge in [-0.2, -0.15) is 26.3 Å². The van der Waals surface area contributed by atoms with E-state index in [1.54, 1.807) is 0 Å². The summed E-state index contributed by atoms with van der Waals surface area (Å²) in [7, 11) is -8.05. The van der Waals surface area contributed by atoms with E-state index in [0.29, 0.717) is 0 Å². The fourth-order valence-electron chi connectivity index (χ4n) is 3.89. The molecule has 254 valence electrons. The zero-order valence-corrected chi connectivity index (χ0v) is 21.7. The van der Waals surface area contributed by atoms with Crippen LogP contribution in [0, 0.1) is 69.8 Å². The molecule has 0 fully saturated rings. The largest absolute Gasteiger partial charge is 0.308 e. The molecule has 0 heterocycles. The maximum Gasteiger partial charge on any atom is 0.306 e. The molecule has 0 atom stereocenters. The fourth-order valence-corrected chi connectivity index (χ4v) is 6.81. The molecular formula is C24F21OP. The molecule has 3 aromatic carbocycles. The molecule has 23 heteroatoms. The Kier molecular flexibility index (Phi) is 10.0. The van der Waals surface area contributed by atoms with Crippen molar-refractivity contribution in [1.82, 2.24) is 0 Å². The molecule has 0 aliphatic carbocycles. The quantitative estimate of drug-likeness (QED) is 0.140. The van der Waals surface area contributed by atoms with E-state index in [9.17, 15) is 70.4 Å². The van der Waals surface area contributed by atoms with Gasteiger partial charge in [0.05, 0.1) is 32.6 Å². The van der Waals surface area contributed by atoms with Gasteiger partial charge in [-0.05, 0) is 0 Å². The van der Waals surface area contributed by atoms with Gasteiger partial charge in [-0.3, -0.25) is 0 Å². The summed E-state index contributed by atoms with van der Waals surface area (Å²) in [5, 5.41) is -10.7. The number of hydrogen-bond acceptors (Lipinski definition) is 1. The van der Waals surface area contributed by atoms with Crippen LogP contribution < -0.4 is 15.9 Å². The lowest BCUT2D eigenvalue weighted by atomic mass is 10.1. The summed E-state index contributed by atoms with van der Waals surface area (Å²) in [6, 6.07) is 0. The maximum absolute atomic E-state index is 15.2. The van der Waals surface area contributed by atoms with Crippen LogP contribution in [0.3, 0.4) is 0 Å². The predicted molar refractivity (Wildman–Crippen MR) is 116 cm³/mol. The predicted octanol–water partition coefficient (Wildman–Crippen LogP) is 9.60. The van der Waals surface area contributed by atoms with E-state index in [1.165, 1.54) is 0 Å². The van der Waals surface area contributed by atoms with Crippen molar-refractivity contribution in [2.45, 2.75) is 0 Å². The minimum Gasteiger partial charge on any atom is -0.308 e. The Hall–Kier alpha value is -4.36. The summed E-state index contributed by atoms with van der Waals surface area (Å²) in [6.45, 7) is 0. The van der Waals surface area contributed by atoms with E-state index in [1.807, 2.05) is 0 Å². The number of hydrogen-bond donors (Lipinski definition) is 0. The zero-order chi connectivity index (χ0) is 36.4. The molecule has 0 aliphatic heterocycles. The molecule has 0 aliphatic rings. The average molecular weight is 734 g/mol. The van der Waals surface area contributed by atoms with Gasteiger partial charge in [-0.15, -0.1) is 0 Å². The number of rotatable bonds is 6. The van der Waals surface area contributed by atoms with Crippen molar-refractivity contribution in [1.29, 1.82) is 0 Å². The van der Waals surface area contributed by atoms with Gasteiger partial charge in [0.2, 0.25) is 17.5 Å². The number of benzene rings is 3. The van der Waals surface area contributed by atoms with Crippen molar-refractivity contribution in [3.63, 3.8) is 0 Å². The van der Waals surface area contributed by atoms with Crippen LogP contribution in [0.15, 0.2) is 18.2 Å². The fraction of sp³-hybridized carbons (Fsp3) is 0. The summed E-state index contributed by atoms with van der Waals surface area (Å²) in [5.74, 6) is -54.5. The SMILES string of the molecule is O=P(c1c(F)c(F)c(C(F)=C(F)F)c(F)c1F)(c1c(F)c(F)c(C(F)=C(F)F)c(F)c1F)c1c(F)c(F)c(C(F)=C(F)F)c(F)c1F. The van der Waals surface area contributed by atoms with Gasteiger partial charge < -0.3 is 4.57 Å². The molecule has 0 unspecified atom stereocenters. The second-order valence-corrected chi connectivity index (χ2v) is 10.8. The lowest BCUT2D eigenvalue weighted by molar-refractivity contribution is 0.402. The van der Waals surface area contributed by atoms with Crippen molar-refractivity contribution >= 4 is 40.5 Å². The summed E-state index contributed by atoms with van der Waals surface area (Å²) < 4.78 is 310. The zero-order valence-electron chi connectivity index (χ0n) is 20.8. The van der Waals surface area contributed by atoms with Gasteiger partial charge in [0, 0.05) is 0 Å². The van der Waals surface area contributed by atoms with Crippen molar-refractivity contribution in [2.24, 2.45) is 0 Å². The van der Waals surface area contributed by atoms with Crippen molar-refractivity contribution in [3.05, 3.63) is 105 Å². The van der Waals surface area contributed by atoms with Crippen LogP contribution in [0.1, 0.15) is 16.7 Å². The van der Waals surface area contributed by atoms with E-state index in [2.05, 4.69) is 0 Å². The van der Waals surface area contributed by atoms with Gasteiger partial charge in [-0.25, -0.2) is 65.9 Å². The molecule has 0 saturated heterocycles. The van der Waals surface area contributed by atoms with Crippen LogP contribution in [0.2, 0.25) is 0 Å². The van der Waals surface area contributed by atoms with Crippen LogP contribution in [-0.4, -0.2) is 0 Å². The third-order valence-corrected chi connectivity index (χ3v) is 8.89. The van der Waals surface area contributed by atoms with Gasteiger partial charge in [0.1, 0.15) is 0 Å². The van der Waals surface area contributed by atoms with E-state index in [4.69, 9.17) is 0 Å². The average Bonchev–Trinajstić information content (AvgIpc) is 2.98. The van der Waals surface area contributed by atoms with Crippen LogP contribution in [0.4, 0.5) is 92.2 Å². The van der Waals surface area contributed by atoms with Crippen LogP contribution in [-0.2, 0) is 4.57 Å². The minimum atomic E-state index is -8.05. The minimum absolute atomic E-state index is 3.13. The Labute approximate surface area is 242 Å². The summed E-state index contributed by atoms with van der Waals surface area (Å²) in [6.07, 6.45) is -11.4. The van der Waals surface area contributed by atoms with Crippen molar-refractivity contribution < 1.29 is 96.8 Å². The van der Waals surface area contributed by atoms with E-state index in [0.717, 1.165) is 0 Å². The third-order valence-electron chi connectivity index (χ3n) is 5.82. The second-order valence-electron chi connectivity index (χ2n) is 8.27. The van der Waals surface area contributed by atoms with E-state index < -0.39 is 145 Å². The highest BCUT2D eigenvalue weighted by molar-refractivity contribution is 7.85. The third kappa shape index (κ3) is 5.44. The Morgan fingerprint density at radius 2 is 0.447 bits per heavy atom. The molecule has 0 amide bonds. The Bertz CT molecular complexity index is 1700. The normalized spacial score (nSPS) is 11.6. The first-order valence-electron chi connectivity index (χ1n) is 10.8. The summed E-state index contributed by atoms with van der Waals surface area (Å²) in [5.41, 5.74) is -9.39. The topological polar surface area (TPSA) is 17.1 Å². The Balaban J connectivity index is 2.86. The molecule has 3 rings (SSSR count). The molecule has 0 N–H and O–H groups in total. The Morgan fingerprint density at radius 3 is 0.574 bits per heavy atom. The molecule has 3 aromatic rings. The first-order valence-corrected chi connectivity index (χ1v) is 12.5. The molecule has 0 aromatic heterocycles. The highest BCUT2D eigenvalue weighted by atomic mass is 31.2. The molecule has 47 heavy (non-hydrogen) atoms. The van der Waals surface area contributed by atoms with Gasteiger partial charge >= 0.3 is 18.2 Å². The molecular weight excluding hydrogens is 734 g/mol. The lowest BCUT2D eigenvalue weighted by Gasteiger charge is -2.25. The molecule has 0 bridgehead atoms. The highest BCUT2D eigenvalue weighted by Gasteiger charge is 2.51. The smallest absolute Gasteiger partial charge is 0.306 e. The van der Waals surface area contributed by atoms with Crippen LogP contribution in [0.5, 0.6) is 0 Å². The van der Waals surface area contributed by atoms with Gasteiger partial charge in [-0.1, -0.05) is 0 Å². The van der Waals surface area contributed by atoms with E-state index in [-0.39, 0.29) is 0 Å². The van der Waals surface area contributed by atoms with E-state index >= 15 is 26.3 Å². The molecule has 0 saturated carbocycles. The van der Waals surface area contributed by atoms with Crippen LogP contribution >= 0.6 is 7.14 Å². The van der Waals surface area contributed by atoms with Gasteiger partial charge in [0.15, 0.2) is 76.9 Å². The second kappa shape index (κ2) is 12.7. The first kappa shape index (κ1) is 37.1. The summed E-state index contributed by atoms with van der Waals surface area (Å²) >= 11 is 0. The monoisotopic (exact) mass is 734 g/mol. The van der Waals surface area contributed by atoms with Gasteiger partial charge in [0.25, 0.3) is 0 Å². The molecule has 1 nitrogen and oxygen atoms in total. The number of halogens is 21. The van der Waals surface area contributed by atoms with Crippen molar-refractivity contribution in [3.8, 4) is 0 Å². The standard InChI is InChI=1S/C24F21OP/c25-4-1(10(31)22(40)41)5(26)14(35)19(13(4)34)47(46,20-15(36)6(27)2(7(28)16(20)37)11(32)23(42)43)21-17(38)8(29)3(9(30)18(21)39)12(33)24(44)45. The Morgan fingerprint density at radius 1 is 0.298 bits per heavy atom. The van der Waals surface area contributed by atoms with Crippen LogP contribution in [0.25, 0.3) is 17.5 Å². The molecule has 0 spiro atoms. The van der Waals surface area contributed by atoms with Crippen molar-refractivity contribution in [2.75, 3.05) is 0 Å². The first-order chi connectivity index (χ1) is 21.5. The lowest BCUT2D eigenvalue weighted by Crippen LogP contribution is -2.39. The molecule has 0 radical (unpaired) electrons. The maximum atomic E-state index is 15.2. The highest BCUT2D eigenvalue weighted by Crippen LogP contribution is 2.51.